The number of aromatic amines is 2. The Labute approximate surface area is 222 Å². The van der Waals surface area contributed by atoms with E-state index in [2.05, 4.69) is 35.5 Å². The summed E-state index contributed by atoms with van der Waals surface area (Å²) in [4.78, 5) is 21.7. The summed E-state index contributed by atoms with van der Waals surface area (Å²) in [6.45, 7) is 3.77. The average Bonchev–Trinajstić information content (AvgIpc) is 3.57. The molecule has 3 N–H and O–H groups in total. The van der Waals surface area contributed by atoms with Gasteiger partial charge in [0.25, 0.3) is 0 Å². The normalized spacial score (nSPS) is 14.3. The van der Waals surface area contributed by atoms with Crippen molar-refractivity contribution in [2.24, 2.45) is 0 Å². The molecule has 1 aliphatic rings. The highest BCUT2D eigenvalue weighted by Crippen LogP contribution is 2.32. The highest BCUT2D eigenvalue weighted by Gasteiger charge is 2.18. The van der Waals surface area contributed by atoms with Gasteiger partial charge in [-0.1, -0.05) is 0 Å². The third kappa shape index (κ3) is 4.48. The molecule has 6 aromatic rings. The van der Waals surface area contributed by atoms with Gasteiger partial charge in [-0.3, -0.25) is 20.1 Å². The predicted octanol–water partition coefficient (Wildman–Crippen LogP) is 5.20. The number of halogens is 1. The lowest BCUT2D eigenvalue weighted by atomic mass is 10.1. The molecule has 0 unspecified atom stereocenters. The fraction of sp³-hybridized carbons (Fsp3) is 0.207. The number of aryl methyl sites for hydroxylation is 1. The fourth-order valence-electron chi connectivity index (χ4n) is 5.12. The Kier molecular flexibility index (Phi) is 5.74. The van der Waals surface area contributed by atoms with E-state index in [9.17, 15) is 4.39 Å². The van der Waals surface area contributed by atoms with Gasteiger partial charge < -0.3 is 15.0 Å². The van der Waals surface area contributed by atoms with E-state index < -0.39 is 0 Å². The second kappa shape index (κ2) is 9.55. The molecule has 9 nitrogen and oxygen atoms in total. The number of hydrogen-bond donors (Lipinski definition) is 3. The zero-order valence-electron chi connectivity index (χ0n) is 21.2. The standard InChI is InChI=1S/C29H25FN8O/c1-16-8-17(10-19(30)9-16)26-28-23(4-7-33-26)35-29(36-28)27-22-12-24(34-15-25(22)37-38-27)18-11-21(14-32-13-18)39-20-2-5-31-6-3-20/h4,7-15,20,31H,2-3,5-6H2,1H3,(H,35,36)(H,37,38). The maximum Gasteiger partial charge on any atom is 0.159 e. The van der Waals surface area contributed by atoms with Crippen LogP contribution in [-0.2, 0) is 0 Å². The van der Waals surface area contributed by atoms with Crippen LogP contribution in [0.2, 0.25) is 0 Å². The Balaban J connectivity index is 1.26. The van der Waals surface area contributed by atoms with Crippen LogP contribution in [0.4, 0.5) is 4.39 Å². The topological polar surface area (TPSA) is 117 Å². The number of nitrogens with one attached hydrogen (secondary N) is 3. The molecule has 1 saturated heterocycles. The third-order valence-corrected chi connectivity index (χ3v) is 6.99. The molecule has 1 fully saturated rings. The van der Waals surface area contributed by atoms with Gasteiger partial charge in [-0.25, -0.2) is 9.37 Å². The van der Waals surface area contributed by atoms with Crippen molar-refractivity contribution in [3.8, 4) is 39.8 Å². The van der Waals surface area contributed by atoms with E-state index in [-0.39, 0.29) is 11.9 Å². The van der Waals surface area contributed by atoms with Crippen molar-refractivity contribution < 1.29 is 9.13 Å². The van der Waals surface area contributed by atoms with Crippen LogP contribution in [0.1, 0.15) is 18.4 Å². The Morgan fingerprint density at radius 1 is 0.923 bits per heavy atom. The zero-order chi connectivity index (χ0) is 26.3. The van der Waals surface area contributed by atoms with E-state index >= 15 is 0 Å². The molecule has 6 heterocycles. The van der Waals surface area contributed by atoms with Gasteiger partial charge >= 0.3 is 0 Å². The maximum atomic E-state index is 14.1. The van der Waals surface area contributed by atoms with Crippen molar-refractivity contribution in [2.45, 2.75) is 25.9 Å². The molecule has 7 rings (SSSR count). The fourth-order valence-corrected chi connectivity index (χ4v) is 5.12. The number of imidazole rings is 1. The van der Waals surface area contributed by atoms with Gasteiger partial charge in [0, 0.05) is 28.9 Å². The van der Waals surface area contributed by atoms with E-state index in [0.717, 1.165) is 64.9 Å². The van der Waals surface area contributed by atoms with Crippen molar-refractivity contribution in [1.82, 2.24) is 40.4 Å². The lowest BCUT2D eigenvalue weighted by molar-refractivity contribution is 0.162. The van der Waals surface area contributed by atoms with Gasteiger partial charge in [0.2, 0.25) is 0 Å². The van der Waals surface area contributed by atoms with E-state index in [0.29, 0.717) is 28.3 Å². The first-order valence-electron chi connectivity index (χ1n) is 12.9. The van der Waals surface area contributed by atoms with Crippen molar-refractivity contribution >= 4 is 21.9 Å². The number of pyridine rings is 3. The predicted molar refractivity (Wildman–Crippen MR) is 147 cm³/mol. The summed E-state index contributed by atoms with van der Waals surface area (Å²) in [5.41, 5.74) is 6.58. The molecule has 1 aliphatic heterocycles. The minimum atomic E-state index is -0.308. The van der Waals surface area contributed by atoms with Gasteiger partial charge in [-0.05, 0) is 74.8 Å². The molecule has 0 radical (unpaired) electrons. The Morgan fingerprint density at radius 2 is 1.82 bits per heavy atom. The van der Waals surface area contributed by atoms with Gasteiger partial charge in [0.15, 0.2) is 5.82 Å². The Morgan fingerprint density at radius 3 is 2.69 bits per heavy atom. The Bertz CT molecular complexity index is 1800. The summed E-state index contributed by atoms with van der Waals surface area (Å²) >= 11 is 0. The molecular formula is C29H25FN8O. The van der Waals surface area contributed by atoms with E-state index in [1.807, 2.05) is 31.2 Å². The van der Waals surface area contributed by atoms with Crippen LogP contribution in [0.25, 0.3) is 56.0 Å². The van der Waals surface area contributed by atoms with Crippen molar-refractivity contribution in [3.63, 3.8) is 0 Å². The number of piperidine rings is 1. The Hall–Kier alpha value is -4.70. The molecule has 5 aromatic heterocycles. The van der Waals surface area contributed by atoms with E-state index in [1.165, 1.54) is 12.1 Å². The summed E-state index contributed by atoms with van der Waals surface area (Å²) in [6, 6.07) is 10.7. The number of ether oxygens (including phenoxy) is 1. The summed E-state index contributed by atoms with van der Waals surface area (Å²) in [5.74, 6) is 1.01. The summed E-state index contributed by atoms with van der Waals surface area (Å²) in [7, 11) is 0. The largest absolute Gasteiger partial charge is 0.489 e. The van der Waals surface area contributed by atoms with Crippen LogP contribution >= 0.6 is 0 Å². The van der Waals surface area contributed by atoms with E-state index in [1.54, 1.807) is 24.8 Å². The average molecular weight is 521 g/mol. The van der Waals surface area contributed by atoms with Crippen LogP contribution in [0, 0.1) is 12.7 Å². The van der Waals surface area contributed by atoms with E-state index in [4.69, 9.17) is 9.72 Å². The second-order valence-electron chi connectivity index (χ2n) is 9.82. The number of aromatic nitrogens is 7. The number of nitrogens with zero attached hydrogens (tertiary/aromatic N) is 5. The number of rotatable bonds is 5. The molecule has 0 amide bonds. The maximum absolute atomic E-state index is 14.1. The minimum absolute atomic E-state index is 0.183. The highest BCUT2D eigenvalue weighted by molar-refractivity contribution is 5.96. The third-order valence-electron chi connectivity index (χ3n) is 6.99. The first kappa shape index (κ1) is 23.4. The van der Waals surface area contributed by atoms with Crippen LogP contribution in [-0.4, -0.2) is 54.3 Å². The molecule has 194 valence electrons. The smallest absolute Gasteiger partial charge is 0.159 e. The molecule has 10 heteroatoms. The molecule has 0 spiro atoms. The molecule has 0 bridgehead atoms. The van der Waals surface area contributed by atoms with Crippen LogP contribution < -0.4 is 10.1 Å². The van der Waals surface area contributed by atoms with Gasteiger partial charge in [-0.15, -0.1) is 0 Å². The van der Waals surface area contributed by atoms with Crippen LogP contribution in [0.3, 0.4) is 0 Å². The van der Waals surface area contributed by atoms with Gasteiger partial charge in [0.05, 0.1) is 34.8 Å². The highest BCUT2D eigenvalue weighted by atomic mass is 19.1. The first-order valence-corrected chi connectivity index (χ1v) is 12.9. The van der Waals surface area contributed by atoms with Crippen molar-refractivity contribution in [3.05, 3.63) is 72.6 Å². The number of benzene rings is 1. The summed E-state index contributed by atoms with van der Waals surface area (Å²) < 4.78 is 20.3. The lowest BCUT2D eigenvalue weighted by Crippen LogP contribution is -2.34. The molecule has 1 aromatic carbocycles. The van der Waals surface area contributed by atoms with Gasteiger partial charge in [0.1, 0.15) is 28.9 Å². The quantitative estimate of drug-likeness (QED) is 0.286. The molecule has 0 aliphatic carbocycles. The van der Waals surface area contributed by atoms with Gasteiger partial charge in [-0.2, -0.15) is 5.10 Å². The number of hydrogen-bond acceptors (Lipinski definition) is 7. The molecular weight excluding hydrogens is 495 g/mol. The molecule has 0 atom stereocenters. The summed E-state index contributed by atoms with van der Waals surface area (Å²) in [6.07, 6.45) is 9.10. The summed E-state index contributed by atoms with van der Waals surface area (Å²) in [5, 5.41) is 11.8. The number of H-pyrrole nitrogens is 2. The number of fused-ring (bicyclic) bond motifs is 2. The molecule has 39 heavy (non-hydrogen) atoms. The second-order valence-corrected chi connectivity index (χ2v) is 9.82. The minimum Gasteiger partial charge on any atom is -0.489 e. The molecule has 0 saturated carbocycles. The zero-order valence-corrected chi connectivity index (χ0v) is 21.2. The van der Waals surface area contributed by atoms with Crippen molar-refractivity contribution in [2.75, 3.05) is 13.1 Å². The van der Waals surface area contributed by atoms with Crippen molar-refractivity contribution in [1.29, 1.82) is 0 Å². The SMILES string of the molecule is Cc1cc(F)cc(-c2nccc3[nH]c(-c4n[nH]c5cnc(-c6cncc(OC7CCNCC7)c6)cc45)nc23)c1. The van der Waals surface area contributed by atoms with Crippen LogP contribution in [0.15, 0.2) is 61.2 Å². The first-order chi connectivity index (χ1) is 19.1. The van der Waals surface area contributed by atoms with Crippen LogP contribution in [0.5, 0.6) is 5.75 Å². The lowest BCUT2D eigenvalue weighted by Gasteiger charge is -2.23. The monoisotopic (exact) mass is 520 g/mol.